The van der Waals surface area contributed by atoms with Gasteiger partial charge < -0.3 is 15.5 Å². The Hall–Kier alpha value is -2.44. The molecule has 4 nitrogen and oxygen atoms in total. The van der Waals surface area contributed by atoms with E-state index in [1.807, 2.05) is 50.8 Å². The molecular formula is C22H23ClFN3OS. The van der Waals surface area contributed by atoms with Gasteiger partial charge in [0.1, 0.15) is 5.82 Å². The first-order chi connectivity index (χ1) is 13.7. The zero-order valence-corrected chi connectivity index (χ0v) is 18.3. The third kappa shape index (κ3) is 4.14. The molecule has 2 aromatic rings. The highest BCUT2D eigenvalue weighted by atomic mass is 35.5. The minimum absolute atomic E-state index is 0.206. The van der Waals surface area contributed by atoms with Crippen LogP contribution in [0.15, 0.2) is 47.7 Å². The van der Waals surface area contributed by atoms with Crippen molar-refractivity contribution in [2.24, 2.45) is 0 Å². The zero-order valence-electron chi connectivity index (χ0n) is 16.8. The highest BCUT2D eigenvalue weighted by Gasteiger charge is 2.36. The monoisotopic (exact) mass is 431 g/mol. The molecule has 29 heavy (non-hydrogen) atoms. The van der Waals surface area contributed by atoms with Crippen molar-refractivity contribution in [1.29, 1.82) is 0 Å². The number of rotatable bonds is 4. The van der Waals surface area contributed by atoms with Crippen molar-refractivity contribution in [3.63, 3.8) is 0 Å². The Balaban J connectivity index is 2.10. The molecule has 1 amide bonds. The number of nitrogens with zero attached hydrogens (tertiary/aromatic N) is 1. The largest absolute Gasteiger partial charge is 0.351 e. The van der Waals surface area contributed by atoms with Gasteiger partial charge in [0.15, 0.2) is 5.11 Å². The molecule has 0 bridgehead atoms. The van der Waals surface area contributed by atoms with E-state index in [4.69, 9.17) is 23.8 Å². The summed E-state index contributed by atoms with van der Waals surface area (Å²) in [6, 6.07) is 9.47. The lowest BCUT2D eigenvalue weighted by atomic mass is 9.93. The molecule has 1 aliphatic rings. The van der Waals surface area contributed by atoms with Gasteiger partial charge in [0.05, 0.1) is 11.6 Å². The van der Waals surface area contributed by atoms with Crippen LogP contribution in [0.1, 0.15) is 36.6 Å². The number of carbonyl (C=O) groups excluding carboxylic acids is 1. The van der Waals surface area contributed by atoms with Crippen LogP contribution in [0.3, 0.4) is 0 Å². The molecule has 2 N–H and O–H groups in total. The quantitative estimate of drug-likeness (QED) is 0.648. The van der Waals surface area contributed by atoms with Gasteiger partial charge >= 0.3 is 0 Å². The van der Waals surface area contributed by atoms with Crippen LogP contribution in [0, 0.1) is 19.7 Å². The lowest BCUT2D eigenvalue weighted by Crippen LogP contribution is -2.48. The predicted octanol–water partition coefficient (Wildman–Crippen LogP) is 5.26. The van der Waals surface area contributed by atoms with Crippen molar-refractivity contribution in [3.8, 4) is 0 Å². The first-order valence-corrected chi connectivity index (χ1v) is 10.1. The molecule has 0 aliphatic carbocycles. The second kappa shape index (κ2) is 8.51. The van der Waals surface area contributed by atoms with Gasteiger partial charge in [-0.25, -0.2) is 4.39 Å². The van der Waals surface area contributed by atoms with Gasteiger partial charge in [-0.3, -0.25) is 4.79 Å². The average molecular weight is 432 g/mol. The highest BCUT2D eigenvalue weighted by Crippen LogP contribution is 2.36. The van der Waals surface area contributed by atoms with Crippen molar-refractivity contribution in [2.75, 3.05) is 11.9 Å². The third-order valence-corrected chi connectivity index (χ3v) is 5.74. The van der Waals surface area contributed by atoms with Crippen LogP contribution < -0.4 is 10.6 Å². The number of anilines is 1. The molecule has 0 radical (unpaired) electrons. The Morgan fingerprint density at radius 2 is 2.00 bits per heavy atom. The summed E-state index contributed by atoms with van der Waals surface area (Å²) in [5.41, 5.74) is 4.01. The predicted molar refractivity (Wildman–Crippen MR) is 120 cm³/mol. The fourth-order valence-electron chi connectivity index (χ4n) is 3.60. The molecule has 1 aliphatic heterocycles. The number of carbonyl (C=O) groups is 1. The zero-order chi connectivity index (χ0) is 21.3. The average Bonchev–Trinajstić information content (AvgIpc) is 2.64. The van der Waals surface area contributed by atoms with E-state index in [-0.39, 0.29) is 16.5 Å². The standard InChI is InChI=1S/C22H23ClFN3OS/c1-5-27-14(4)18(21(28)25-17-10-9-12(2)11-13(17)3)20(26-22(27)29)19-15(23)7-6-8-16(19)24/h6-11,20H,5H2,1-4H3,(H,25,28)(H,26,29)/t20-/m1/s1. The summed E-state index contributed by atoms with van der Waals surface area (Å²) in [5, 5.41) is 6.73. The van der Waals surface area contributed by atoms with Crippen LogP contribution in [0.25, 0.3) is 0 Å². The molecule has 0 unspecified atom stereocenters. The van der Waals surface area contributed by atoms with Gasteiger partial charge in [0.25, 0.3) is 5.91 Å². The molecule has 3 rings (SSSR count). The van der Waals surface area contributed by atoms with Crippen molar-refractivity contribution < 1.29 is 9.18 Å². The number of halogens is 2. The van der Waals surface area contributed by atoms with Crippen molar-refractivity contribution in [2.45, 2.75) is 33.7 Å². The van der Waals surface area contributed by atoms with Gasteiger partial charge in [-0.15, -0.1) is 0 Å². The molecule has 0 saturated carbocycles. The minimum Gasteiger partial charge on any atom is -0.351 e. The van der Waals surface area contributed by atoms with E-state index >= 15 is 0 Å². The molecule has 0 fully saturated rings. The molecule has 0 saturated heterocycles. The summed E-state index contributed by atoms with van der Waals surface area (Å²) in [6.07, 6.45) is 0. The van der Waals surface area contributed by atoms with Gasteiger partial charge in [-0.2, -0.15) is 0 Å². The SMILES string of the molecule is CCN1C(=S)N[C@@H](c2c(F)cccc2Cl)C(C(=O)Nc2ccc(C)cc2C)=C1C. The second-order valence-electron chi connectivity index (χ2n) is 7.03. The Morgan fingerprint density at radius 1 is 1.28 bits per heavy atom. The molecule has 7 heteroatoms. The number of allylic oxidation sites excluding steroid dienone is 1. The molecule has 152 valence electrons. The summed E-state index contributed by atoms with van der Waals surface area (Å²) in [6.45, 7) is 8.26. The van der Waals surface area contributed by atoms with E-state index in [0.29, 0.717) is 28.6 Å². The summed E-state index contributed by atoms with van der Waals surface area (Å²) < 4.78 is 14.7. The van der Waals surface area contributed by atoms with E-state index in [1.54, 1.807) is 6.07 Å². The van der Waals surface area contributed by atoms with Crippen molar-refractivity contribution in [3.05, 3.63) is 75.2 Å². The Kier molecular flexibility index (Phi) is 6.24. The topological polar surface area (TPSA) is 44.4 Å². The third-order valence-electron chi connectivity index (χ3n) is 5.08. The fourth-order valence-corrected chi connectivity index (χ4v) is 4.26. The molecule has 1 heterocycles. The van der Waals surface area contributed by atoms with Crippen molar-refractivity contribution in [1.82, 2.24) is 10.2 Å². The van der Waals surface area contributed by atoms with E-state index in [2.05, 4.69) is 10.6 Å². The van der Waals surface area contributed by atoms with Crippen molar-refractivity contribution >= 4 is 40.5 Å². The Labute approximate surface area is 180 Å². The van der Waals surface area contributed by atoms with E-state index < -0.39 is 11.9 Å². The molecular weight excluding hydrogens is 409 g/mol. The van der Waals surface area contributed by atoms with Crippen LogP contribution in [0.2, 0.25) is 5.02 Å². The van der Waals surface area contributed by atoms with Gasteiger partial charge in [0, 0.05) is 28.5 Å². The first-order valence-electron chi connectivity index (χ1n) is 9.35. The number of hydrogen-bond acceptors (Lipinski definition) is 2. The number of benzene rings is 2. The van der Waals surface area contributed by atoms with E-state index in [9.17, 15) is 9.18 Å². The summed E-state index contributed by atoms with van der Waals surface area (Å²) in [7, 11) is 0. The number of nitrogens with one attached hydrogen (secondary N) is 2. The van der Waals surface area contributed by atoms with Gasteiger partial charge in [0.2, 0.25) is 0 Å². The van der Waals surface area contributed by atoms with Crippen LogP contribution in [-0.4, -0.2) is 22.5 Å². The first kappa shape index (κ1) is 21.3. The maximum Gasteiger partial charge on any atom is 0.255 e. The molecule has 1 atom stereocenters. The number of hydrogen-bond donors (Lipinski definition) is 2. The molecule has 2 aromatic carbocycles. The number of thiocarbonyl (C=S) groups is 1. The Morgan fingerprint density at radius 3 is 2.62 bits per heavy atom. The van der Waals surface area contributed by atoms with Crippen LogP contribution >= 0.6 is 23.8 Å². The lowest BCUT2D eigenvalue weighted by Gasteiger charge is -2.37. The van der Waals surface area contributed by atoms with E-state index in [0.717, 1.165) is 11.1 Å². The van der Waals surface area contributed by atoms with Gasteiger partial charge in [-0.05, 0) is 63.7 Å². The Bertz CT molecular complexity index is 1000. The van der Waals surface area contributed by atoms with E-state index in [1.165, 1.54) is 12.1 Å². The lowest BCUT2D eigenvalue weighted by molar-refractivity contribution is -0.113. The normalized spacial score (nSPS) is 16.7. The smallest absolute Gasteiger partial charge is 0.255 e. The maximum absolute atomic E-state index is 14.7. The highest BCUT2D eigenvalue weighted by molar-refractivity contribution is 7.80. The van der Waals surface area contributed by atoms with Crippen LogP contribution in [0.4, 0.5) is 10.1 Å². The number of amides is 1. The second-order valence-corrected chi connectivity index (χ2v) is 7.83. The fraction of sp³-hybridized carbons (Fsp3) is 0.273. The summed E-state index contributed by atoms with van der Waals surface area (Å²) in [4.78, 5) is 15.2. The minimum atomic E-state index is -0.787. The van der Waals surface area contributed by atoms with Crippen LogP contribution in [0.5, 0.6) is 0 Å². The van der Waals surface area contributed by atoms with Gasteiger partial charge in [-0.1, -0.05) is 35.4 Å². The summed E-state index contributed by atoms with van der Waals surface area (Å²) in [5.74, 6) is -0.820. The number of aryl methyl sites for hydroxylation is 2. The molecule has 0 spiro atoms. The van der Waals surface area contributed by atoms with Crippen LogP contribution in [-0.2, 0) is 4.79 Å². The summed E-state index contributed by atoms with van der Waals surface area (Å²) >= 11 is 11.8. The molecule has 0 aromatic heterocycles. The maximum atomic E-state index is 14.7.